The Morgan fingerprint density at radius 3 is 2.02 bits per heavy atom. The van der Waals surface area contributed by atoms with E-state index in [0.717, 1.165) is 51.9 Å². The Kier molecular flexibility index (Phi) is 13.6. The van der Waals surface area contributed by atoms with E-state index in [1.807, 2.05) is 0 Å². The number of aliphatic hydroxyl groups excluding tert-OH is 7. The van der Waals surface area contributed by atoms with E-state index in [9.17, 15) is 50.4 Å². The van der Waals surface area contributed by atoms with Crippen molar-refractivity contribution in [1.29, 1.82) is 0 Å². The minimum atomic E-state index is -1.77. The normalized spacial score (nSPS) is 53.5. The minimum absolute atomic E-state index is 0.00310. The van der Waals surface area contributed by atoms with Gasteiger partial charge in [-0.2, -0.15) is 0 Å². The second-order valence-corrected chi connectivity index (χ2v) is 23.4. The molecule has 0 spiro atoms. The van der Waals surface area contributed by atoms with Crippen LogP contribution in [0.5, 0.6) is 0 Å². The summed E-state index contributed by atoms with van der Waals surface area (Å²) in [6, 6.07) is 0. The molecule has 4 saturated carbocycles. The highest BCUT2D eigenvalue weighted by Gasteiger charge is 2.70. The van der Waals surface area contributed by atoms with Crippen molar-refractivity contribution in [2.45, 2.75) is 219 Å². The highest BCUT2D eigenvalue weighted by Crippen LogP contribution is 2.76. The molecule has 8 N–H and O–H groups in total. The molecule has 3 aliphatic heterocycles. The van der Waals surface area contributed by atoms with E-state index >= 15 is 0 Å². The molecule has 0 bridgehead atoms. The van der Waals surface area contributed by atoms with Gasteiger partial charge in [-0.25, -0.2) is 0 Å². The molecule has 0 amide bonds. The summed E-state index contributed by atoms with van der Waals surface area (Å²) in [6.07, 6.45) is -10.4. The fourth-order valence-corrected chi connectivity index (χ4v) is 15.1. The number of aliphatic hydroxyl groups is 7. The molecular formula is C49H78O17. The third-order valence-electron chi connectivity index (χ3n) is 19.3. The van der Waals surface area contributed by atoms with Crippen LogP contribution in [0, 0.1) is 50.2 Å². The zero-order valence-corrected chi connectivity index (χ0v) is 40.2. The van der Waals surface area contributed by atoms with E-state index in [1.54, 1.807) is 6.92 Å². The molecule has 3 heterocycles. The van der Waals surface area contributed by atoms with Crippen LogP contribution in [-0.2, 0) is 42.7 Å². The fourth-order valence-electron chi connectivity index (χ4n) is 15.1. The third kappa shape index (κ3) is 7.94. The number of carbonyl (C=O) groups is 2. The van der Waals surface area contributed by atoms with Crippen LogP contribution in [-0.4, -0.2) is 158 Å². The number of hydrogen-bond donors (Lipinski definition) is 8. The van der Waals surface area contributed by atoms with Crippen LogP contribution in [0.25, 0.3) is 0 Å². The molecule has 17 heteroatoms. The monoisotopic (exact) mass is 939 g/mol. The smallest absolute Gasteiger partial charge is 0.310 e. The van der Waals surface area contributed by atoms with Crippen molar-refractivity contribution in [2.24, 2.45) is 50.2 Å². The molecule has 7 fully saturated rings. The number of ether oxygens (including phenoxy) is 7. The van der Waals surface area contributed by atoms with Gasteiger partial charge in [0.2, 0.25) is 0 Å². The molecule has 8 rings (SSSR count). The van der Waals surface area contributed by atoms with E-state index in [0.29, 0.717) is 19.3 Å². The molecule has 0 aromatic rings. The van der Waals surface area contributed by atoms with E-state index in [1.165, 1.54) is 12.5 Å². The van der Waals surface area contributed by atoms with Crippen LogP contribution < -0.4 is 0 Å². The van der Waals surface area contributed by atoms with Gasteiger partial charge >= 0.3 is 11.9 Å². The van der Waals surface area contributed by atoms with Gasteiger partial charge in [0.1, 0.15) is 48.8 Å². The number of esters is 1. The van der Waals surface area contributed by atoms with Crippen LogP contribution in [0.15, 0.2) is 11.6 Å². The van der Waals surface area contributed by atoms with Crippen LogP contribution in [0.2, 0.25) is 0 Å². The summed E-state index contributed by atoms with van der Waals surface area (Å²) < 4.78 is 41.8. The van der Waals surface area contributed by atoms with Crippen molar-refractivity contribution in [3.05, 3.63) is 11.6 Å². The first-order valence-corrected chi connectivity index (χ1v) is 24.5. The number of carboxylic acids is 1. The minimum Gasteiger partial charge on any atom is -0.481 e. The maximum atomic E-state index is 13.2. The van der Waals surface area contributed by atoms with Gasteiger partial charge in [0.15, 0.2) is 25.0 Å². The molecule has 17 nitrogen and oxygen atoms in total. The predicted molar refractivity (Wildman–Crippen MR) is 233 cm³/mol. The highest BCUT2D eigenvalue weighted by molar-refractivity contribution is 5.76. The van der Waals surface area contributed by atoms with Crippen molar-refractivity contribution in [3.8, 4) is 0 Å². The number of rotatable bonds is 9. The van der Waals surface area contributed by atoms with E-state index in [2.05, 4.69) is 47.6 Å². The summed E-state index contributed by atoms with van der Waals surface area (Å²) in [5.74, 6) is -1.15. The molecule has 3 saturated heterocycles. The number of carbonyl (C=O) groups excluding carboxylic acids is 1. The Morgan fingerprint density at radius 1 is 0.712 bits per heavy atom. The lowest BCUT2D eigenvalue weighted by Gasteiger charge is -2.71. The summed E-state index contributed by atoms with van der Waals surface area (Å²) in [6.45, 7) is 17.5. The van der Waals surface area contributed by atoms with Gasteiger partial charge in [0.05, 0.1) is 36.9 Å². The molecule has 0 radical (unpaired) electrons. The molecule has 0 unspecified atom stereocenters. The molecule has 376 valence electrons. The van der Waals surface area contributed by atoms with Gasteiger partial charge < -0.3 is 74.0 Å². The summed E-state index contributed by atoms with van der Waals surface area (Å²) in [4.78, 5) is 24.9. The van der Waals surface area contributed by atoms with Crippen molar-refractivity contribution in [3.63, 3.8) is 0 Å². The lowest BCUT2D eigenvalue weighted by Crippen LogP contribution is -2.67. The van der Waals surface area contributed by atoms with Crippen molar-refractivity contribution in [1.82, 2.24) is 0 Å². The number of aliphatic carboxylic acids is 1. The second kappa shape index (κ2) is 17.8. The van der Waals surface area contributed by atoms with Crippen LogP contribution in [0.4, 0.5) is 0 Å². The standard InChI is InChI=1S/C49H78O17/c1-23-32(53)34(55)39(66-41-36(57)38(33(54)24(2)61-41)65-40-35(56)37(63-25(3)51)28(52)21-60-40)42(62-23)64-31-13-14-45(6)29(46(31,7)22-50)12-15-48(9)30(45)11-10-26-27-20-44(4,5)16-18-49(27,43(58)59)19-17-47(26,48)8/h10,23-24,27-42,50,52-57H,11-22H2,1-9H3,(H,58,59)/t23-,24-,27-,28-,29+,30+,31-,32-,33-,34+,35+,36+,37-,38+,39+,40-,41-,42-,45-,46-,47+,48+,49-/m0/s1. The SMILES string of the molecule is CC(=O)O[C@@H]1[C@@H](O)[C@H](O[C@@H]2[C@@H](O)[C@H](C)O[C@@H](O[C@H]3[C@H](O[C@H]4CC[C@@]5(C)[C@@H](CC[C@]6(C)[C@@H]5CC=C5[C@@H]7CC(C)(C)CC[C@]7(C(=O)O)CC[C@]56C)[C@]4(C)CO)O[C@@H](C)[C@H](O)[C@H]3O)[C@@H]2O)OC[C@@H]1O. The Morgan fingerprint density at radius 2 is 1.35 bits per heavy atom. The molecule has 5 aliphatic carbocycles. The van der Waals surface area contributed by atoms with Gasteiger partial charge in [-0.05, 0) is 117 Å². The van der Waals surface area contributed by atoms with Crippen LogP contribution in [0.1, 0.15) is 127 Å². The Labute approximate surface area is 388 Å². The Hall–Kier alpha value is -1.84. The number of hydrogen-bond acceptors (Lipinski definition) is 16. The second-order valence-electron chi connectivity index (χ2n) is 23.4. The molecular weight excluding hydrogens is 861 g/mol. The van der Waals surface area contributed by atoms with Crippen molar-refractivity contribution < 1.29 is 83.6 Å². The molecule has 23 atom stereocenters. The first-order valence-electron chi connectivity index (χ1n) is 24.5. The zero-order chi connectivity index (χ0) is 48.3. The zero-order valence-electron chi connectivity index (χ0n) is 40.2. The summed E-state index contributed by atoms with van der Waals surface area (Å²) in [5.41, 5.74) is -0.614. The summed E-state index contributed by atoms with van der Waals surface area (Å²) in [7, 11) is 0. The highest BCUT2D eigenvalue weighted by atomic mass is 16.8. The van der Waals surface area contributed by atoms with E-state index in [4.69, 9.17) is 33.2 Å². The van der Waals surface area contributed by atoms with Gasteiger partial charge in [0.25, 0.3) is 0 Å². The largest absolute Gasteiger partial charge is 0.481 e. The van der Waals surface area contributed by atoms with Gasteiger partial charge in [-0.1, -0.05) is 53.2 Å². The average Bonchev–Trinajstić information content (AvgIpc) is 3.24. The predicted octanol–water partition coefficient (Wildman–Crippen LogP) is 2.94. The number of allylic oxidation sites excluding steroid dienone is 2. The maximum Gasteiger partial charge on any atom is 0.310 e. The van der Waals surface area contributed by atoms with Crippen LogP contribution in [0.3, 0.4) is 0 Å². The number of fused-ring (bicyclic) bond motifs is 7. The van der Waals surface area contributed by atoms with Gasteiger partial charge in [-0.15, -0.1) is 0 Å². The van der Waals surface area contributed by atoms with Crippen molar-refractivity contribution >= 4 is 11.9 Å². The fraction of sp³-hybridized carbons (Fsp3) is 0.918. The van der Waals surface area contributed by atoms with E-state index < -0.39 is 115 Å². The Balaban J connectivity index is 1.02. The lowest BCUT2D eigenvalue weighted by atomic mass is 9.33. The molecule has 0 aromatic carbocycles. The first-order chi connectivity index (χ1) is 30.8. The molecule has 8 aliphatic rings. The Bertz CT molecular complexity index is 1850. The lowest BCUT2D eigenvalue weighted by molar-refractivity contribution is -0.385. The topological polar surface area (TPSA) is 261 Å². The first kappa shape index (κ1) is 50.5. The third-order valence-corrected chi connectivity index (χ3v) is 19.3. The maximum absolute atomic E-state index is 13.2. The van der Waals surface area contributed by atoms with E-state index in [-0.39, 0.29) is 52.6 Å². The van der Waals surface area contributed by atoms with Gasteiger partial charge in [0, 0.05) is 12.3 Å². The average molecular weight is 939 g/mol. The quantitative estimate of drug-likeness (QED) is 0.0939. The molecule has 66 heavy (non-hydrogen) atoms. The molecule has 0 aromatic heterocycles. The van der Waals surface area contributed by atoms with Gasteiger partial charge in [-0.3, -0.25) is 9.59 Å². The van der Waals surface area contributed by atoms with Crippen LogP contribution >= 0.6 is 0 Å². The summed E-state index contributed by atoms with van der Waals surface area (Å²) in [5, 5.41) is 89.1. The van der Waals surface area contributed by atoms with Crippen molar-refractivity contribution in [2.75, 3.05) is 13.2 Å². The summed E-state index contributed by atoms with van der Waals surface area (Å²) >= 11 is 0. The number of carboxylic acid groups (broad SMARTS) is 1.